The molecule has 1 amide bonds. The van der Waals surface area contributed by atoms with Gasteiger partial charge < -0.3 is 0 Å². The molecule has 2 aromatic rings. The van der Waals surface area contributed by atoms with Crippen LogP contribution in [0.25, 0.3) is 0 Å². The topological polar surface area (TPSA) is 68.0 Å². The Kier molecular flexibility index (Phi) is 4.79. The Hall–Kier alpha value is -1.56. The molecule has 3 N–H and O–H groups in total. The fraction of sp³-hybridized carbons (Fsp3) is 0.0769. The molecule has 4 nitrogen and oxygen atoms in total. The van der Waals surface area contributed by atoms with Crippen molar-refractivity contribution in [2.24, 2.45) is 5.84 Å². The zero-order valence-electron chi connectivity index (χ0n) is 9.97. The van der Waals surface area contributed by atoms with Crippen molar-refractivity contribution in [2.45, 2.75) is 10.6 Å². The van der Waals surface area contributed by atoms with Crippen LogP contribution >= 0.6 is 23.4 Å². The highest BCUT2D eigenvalue weighted by atomic mass is 35.5. The number of halogens is 1. The lowest BCUT2D eigenvalue weighted by Crippen LogP contribution is -2.30. The standard InChI is InChI=1S/C13H12ClN3OS/c14-9-3-1-5-11(7-9)19-8-10-4-2-6-12(16-10)13(18)17-15/h1-7H,8,15H2,(H,17,18). The molecule has 0 unspecified atom stereocenters. The molecule has 1 heterocycles. The van der Waals surface area contributed by atoms with Crippen LogP contribution in [0, 0.1) is 0 Å². The first-order chi connectivity index (χ1) is 9.19. The third kappa shape index (κ3) is 3.96. The van der Waals surface area contributed by atoms with Crippen molar-refractivity contribution in [3.63, 3.8) is 0 Å². The van der Waals surface area contributed by atoms with Crippen LogP contribution in [-0.2, 0) is 5.75 Å². The molecular formula is C13H12ClN3OS. The van der Waals surface area contributed by atoms with E-state index in [-0.39, 0.29) is 0 Å². The van der Waals surface area contributed by atoms with Gasteiger partial charge in [0.1, 0.15) is 5.69 Å². The van der Waals surface area contributed by atoms with Gasteiger partial charge in [0.2, 0.25) is 0 Å². The maximum atomic E-state index is 11.4. The number of thioether (sulfide) groups is 1. The zero-order valence-corrected chi connectivity index (χ0v) is 11.5. The van der Waals surface area contributed by atoms with E-state index in [1.807, 2.05) is 30.3 Å². The van der Waals surface area contributed by atoms with E-state index in [4.69, 9.17) is 17.4 Å². The highest BCUT2D eigenvalue weighted by Crippen LogP contribution is 2.24. The van der Waals surface area contributed by atoms with Crippen molar-refractivity contribution in [3.05, 3.63) is 58.9 Å². The Morgan fingerprint density at radius 2 is 2.11 bits per heavy atom. The number of nitrogens with zero attached hydrogens (tertiary/aromatic N) is 1. The minimum atomic E-state index is -0.394. The number of carbonyl (C=O) groups excluding carboxylic acids is 1. The second-order valence-corrected chi connectivity index (χ2v) is 5.22. The summed E-state index contributed by atoms with van der Waals surface area (Å²) in [5, 5.41) is 0.703. The van der Waals surface area contributed by atoms with Crippen LogP contribution in [0.15, 0.2) is 47.4 Å². The van der Waals surface area contributed by atoms with E-state index in [2.05, 4.69) is 10.4 Å². The number of benzene rings is 1. The van der Waals surface area contributed by atoms with Gasteiger partial charge in [-0.1, -0.05) is 23.7 Å². The lowest BCUT2D eigenvalue weighted by Gasteiger charge is -2.04. The van der Waals surface area contributed by atoms with Crippen LogP contribution in [-0.4, -0.2) is 10.9 Å². The predicted octanol–water partition coefficient (Wildman–Crippen LogP) is 2.63. The van der Waals surface area contributed by atoms with Gasteiger partial charge in [-0.15, -0.1) is 11.8 Å². The van der Waals surface area contributed by atoms with Crippen LogP contribution in [0.2, 0.25) is 5.02 Å². The number of nitrogen functional groups attached to an aromatic ring is 1. The van der Waals surface area contributed by atoms with E-state index >= 15 is 0 Å². The zero-order chi connectivity index (χ0) is 13.7. The summed E-state index contributed by atoms with van der Waals surface area (Å²) in [6, 6.07) is 12.9. The average Bonchev–Trinajstić information content (AvgIpc) is 2.45. The summed E-state index contributed by atoms with van der Waals surface area (Å²) < 4.78 is 0. The van der Waals surface area contributed by atoms with Crippen molar-refractivity contribution in [2.75, 3.05) is 0 Å². The SMILES string of the molecule is NNC(=O)c1cccc(CSc2cccc(Cl)c2)n1. The monoisotopic (exact) mass is 293 g/mol. The number of aromatic nitrogens is 1. The van der Waals surface area contributed by atoms with Gasteiger partial charge in [0, 0.05) is 15.7 Å². The summed E-state index contributed by atoms with van der Waals surface area (Å²) in [4.78, 5) is 16.7. The third-order valence-corrected chi connectivity index (χ3v) is 3.62. The molecule has 98 valence electrons. The molecule has 0 atom stereocenters. The van der Waals surface area contributed by atoms with Crippen LogP contribution in [0.4, 0.5) is 0 Å². The predicted molar refractivity (Wildman–Crippen MR) is 76.9 cm³/mol. The molecule has 1 aromatic carbocycles. The fourth-order valence-electron chi connectivity index (χ4n) is 1.47. The number of amides is 1. The van der Waals surface area contributed by atoms with Gasteiger partial charge in [-0.2, -0.15) is 0 Å². The van der Waals surface area contributed by atoms with Crippen molar-refractivity contribution < 1.29 is 4.79 Å². The fourth-order valence-corrected chi connectivity index (χ4v) is 2.59. The van der Waals surface area contributed by atoms with E-state index < -0.39 is 5.91 Å². The highest BCUT2D eigenvalue weighted by Gasteiger charge is 2.06. The smallest absolute Gasteiger partial charge is 0.283 e. The molecule has 1 aromatic heterocycles. The quantitative estimate of drug-likeness (QED) is 0.393. The van der Waals surface area contributed by atoms with Crippen LogP contribution < -0.4 is 11.3 Å². The van der Waals surface area contributed by atoms with Crippen molar-refractivity contribution >= 4 is 29.3 Å². The first-order valence-corrected chi connectivity index (χ1v) is 6.90. The molecule has 0 radical (unpaired) electrons. The first kappa shape index (κ1) is 13.9. The van der Waals surface area contributed by atoms with Gasteiger partial charge in [-0.05, 0) is 30.3 Å². The number of nitrogens with one attached hydrogen (secondary N) is 1. The van der Waals surface area contributed by atoms with Gasteiger partial charge in [0.25, 0.3) is 5.91 Å². The lowest BCUT2D eigenvalue weighted by molar-refractivity contribution is 0.0948. The largest absolute Gasteiger partial charge is 0.289 e. The molecule has 0 saturated carbocycles. The van der Waals surface area contributed by atoms with Crippen molar-refractivity contribution in [1.82, 2.24) is 10.4 Å². The normalized spacial score (nSPS) is 10.2. The Bertz CT molecular complexity index is 592. The van der Waals surface area contributed by atoms with E-state index in [1.54, 1.807) is 23.9 Å². The van der Waals surface area contributed by atoms with Gasteiger partial charge in [0.15, 0.2) is 0 Å². The lowest BCUT2D eigenvalue weighted by atomic mass is 10.3. The number of nitrogens with two attached hydrogens (primary N) is 1. The van der Waals surface area contributed by atoms with E-state index in [0.717, 1.165) is 10.6 Å². The Morgan fingerprint density at radius 3 is 2.84 bits per heavy atom. The summed E-state index contributed by atoms with van der Waals surface area (Å²) in [7, 11) is 0. The molecule has 0 saturated heterocycles. The van der Waals surface area contributed by atoms with E-state index in [1.165, 1.54) is 0 Å². The Labute approximate surface area is 120 Å². The van der Waals surface area contributed by atoms with Gasteiger partial charge in [-0.25, -0.2) is 10.8 Å². The van der Waals surface area contributed by atoms with Crippen molar-refractivity contribution in [3.8, 4) is 0 Å². The van der Waals surface area contributed by atoms with Crippen LogP contribution in [0.1, 0.15) is 16.2 Å². The molecule has 0 bridgehead atoms. The summed E-state index contributed by atoms with van der Waals surface area (Å²) in [6.07, 6.45) is 0. The molecule has 0 aliphatic rings. The summed E-state index contributed by atoms with van der Waals surface area (Å²) >= 11 is 7.52. The first-order valence-electron chi connectivity index (χ1n) is 5.54. The van der Waals surface area contributed by atoms with Crippen LogP contribution in [0.3, 0.4) is 0 Å². The summed E-state index contributed by atoms with van der Waals surface area (Å²) in [5.41, 5.74) is 3.19. The Balaban J connectivity index is 2.05. The molecule has 2 rings (SSSR count). The van der Waals surface area contributed by atoms with Crippen molar-refractivity contribution in [1.29, 1.82) is 0 Å². The molecule has 19 heavy (non-hydrogen) atoms. The van der Waals surface area contributed by atoms with Gasteiger partial charge >= 0.3 is 0 Å². The number of hydrogen-bond donors (Lipinski definition) is 2. The average molecular weight is 294 g/mol. The molecule has 6 heteroatoms. The van der Waals surface area contributed by atoms with Crippen LogP contribution in [0.5, 0.6) is 0 Å². The number of hydrazine groups is 1. The minimum Gasteiger partial charge on any atom is -0.289 e. The molecular weight excluding hydrogens is 282 g/mol. The number of hydrogen-bond acceptors (Lipinski definition) is 4. The summed E-state index contributed by atoms with van der Waals surface area (Å²) in [5.74, 6) is 5.34. The van der Waals surface area contributed by atoms with Gasteiger partial charge in [0.05, 0.1) is 5.69 Å². The highest BCUT2D eigenvalue weighted by molar-refractivity contribution is 7.98. The molecule has 0 aliphatic heterocycles. The van der Waals surface area contributed by atoms with E-state index in [9.17, 15) is 4.79 Å². The summed E-state index contributed by atoms with van der Waals surface area (Å²) in [6.45, 7) is 0. The maximum absolute atomic E-state index is 11.4. The van der Waals surface area contributed by atoms with Gasteiger partial charge in [-0.3, -0.25) is 10.2 Å². The minimum absolute atomic E-state index is 0.312. The second-order valence-electron chi connectivity index (χ2n) is 3.73. The number of pyridine rings is 1. The third-order valence-electron chi connectivity index (χ3n) is 2.35. The molecule has 0 fully saturated rings. The maximum Gasteiger partial charge on any atom is 0.283 e. The molecule has 0 aliphatic carbocycles. The number of rotatable bonds is 4. The number of carbonyl (C=O) groups is 1. The second kappa shape index (κ2) is 6.56. The molecule has 0 spiro atoms. The Morgan fingerprint density at radius 1 is 1.32 bits per heavy atom. The van der Waals surface area contributed by atoms with E-state index in [0.29, 0.717) is 16.5 Å².